The number of nitrogens with one attached hydrogen (secondary N) is 1. The lowest BCUT2D eigenvalue weighted by molar-refractivity contribution is 1.57. The largest absolute Gasteiger partial charge is 0.354 e. The summed E-state index contributed by atoms with van der Waals surface area (Å²) in [6.45, 7) is 0. The van der Waals surface area contributed by atoms with E-state index in [-0.39, 0.29) is 0 Å². The van der Waals surface area contributed by atoms with Crippen LogP contribution in [0.4, 0.5) is 0 Å². The molecular weight excluding hydrogens is 358 g/mol. The monoisotopic (exact) mass is 373 g/mol. The van der Waals surface area contributed by atoms with Gasteiger partial charge in [-0.25, -0.2) is 0 Å². The summed E-state index contributed by atoms with van der Waals surface area (Å²) in [6.07, 6.45) is 0. The molecular formula is C26H15NS. The standard InChI is InChI=1S/C26H15NS/c1-3-10-18-15(7-1)16-8-2-4-11-20(16)26-23(18)24-22(28-26)14-13-19-17-9-5-6-12-21(17)27-25(19)24/h1-14,27H. The first kappa shape index (κ1) is 14.7. The van der Waals surface area contributed by atoms with Gasteiger partial charge in [0.1, 0.15) is 0 Å². The van der Waals surface area contributed by atoms with Crippen molar-refractivity contribution in [1.82, 2.24) is 4.98 Å². The molecule has 0 radical (unpaired) electrons. The van der Waals surface area contributed by atoms with Gasteiger partial charge in [-0.05, 0) is 28.3 Å². The Kier molecular flexibility index (Phi) is 2.68. The molecule has 2 aromatic heterocycles. The lowest BCUT2D eigenvalue weighted by atomic mass is 9.96. The smallest absolute Gasteiger partial charge is 0.0559 e. The Morgan fingerprint density at radius 1 is 0.500 bits per heavy atom. The number of fused-ring (bicyclic) bond motifs is 12. The van der Waals surface area contributed by atoms with E-state index in [9.17, 15) is 0 Å². The number of para-hydroxylation sites is 1. The molecule has 0 atom stereocenters. The van der Waals surface area contributed by atoms with Crippen molar-refractivity contribution in [2.24, 2.45) is 0 Å². The molecule has 0 aliphatic rings. The highest BCUT2D eigenvalue weighted by Crippen LogP contribution is 2.46. The highest BCUT2D eigenvalue weighted by atomic mass is 32.1. The Morgan fingerprint density at radius 2 is 1.14 bits per heavy atom. The predicted octanol–water partition coefficient (Wildman–Crippen LogP) is 8.00. The maximum absolute atomic E-state index is 3.72. The topological polar surface area (TPSA) is 15.8 Å². The Bertz CT molecular complexity index is 1720. The SMILES string of the molecule is c1ccc2c(c1)[nH]c1c2ccc2sc3c4ccccc4c4ccccc4c3c21. The van der Waals surface area contributed by atoms with Crippen molar-refractivity contribution in [3.8, 4) is 0 Å². The van der Waals surface area contributed by atoms with E-state index in [1.807, 2.05) is 11.3 Å². The number of rotatable bonds is 0. The van der Waals surface area contributed by atoms with Crippen LogP contribution in [-0.4, -0.2) is 4.98 Å². The molecule has 0 aliphatic carbocycles. The predicted molar refractivity (Wildman–Crippen MR) is 124 cm³/mol. The number of aromatic nitrogens is 1. The van der Waals surface area contributed by atoms with Gasteiger partial charge in [-0.3, -0.25) is 0 Å². The van der Waals surface area contributed by atoms with Gasteiger partial charge in [0.2, 0.25) is 0 Å². The van der Waals surface area contributed by atoms with E-state index in [1.54, 1.807) is 0 Å². The van der Waals surface area contributed by atoms with Crippen LogP contribution in [0.3, 0.4) is 0 Å². The van der Waals surface area contributed by atoms with E-state index >= 15 is 0 Å². The van der Waals surface area contributed by atoms with Crippen LogP contribution in [0.5, 0.6) is 0 Å². The number of benzene rings is 5. The van der Waals surface area contributed by atoms with Gasteiger partial charge in [0.05, 0.1) is 5.52 Å². The number of thiophene rings is 1. The van der Waals surface area contributed by atoms with Crippen LogP contribution in [0.15, 0.2) is 84.9 Å². The van der Waals surface area contributed by atoms with E-state index in [0.717, 1.165) is 0 Å². The summed E-state index contributed by atoms with van der Waals surface area (Å²) in [5.41, 5.74) is 2.46. The Morgan fingerprint density at radius 3 is 1.96 bits per heavy atom. The van der Waals surface area contributed by atoms with Crippen LogP contribution >= 0.6 is 11.3 Å². The average molecular weight is 373 g/mol. The van der Waals surface area contributed by atoms with Crippen LogP contribution in [0, 0.1) is 0 Å². The second-order valence-corrected chi connectivity index (χ2v) is 8.48. The van der Waals surface area contributed by atoms with Crippen molar-refractivity contribution >= 4 is 74.9 Å². The summed E-state index contributed by atoms with van der Waals surface area (Å²) < 4.78 is 2.73. The summed E-state index contributed by atoms with van der Waals surface area (Å²) in [7, 11) is 0. The fourth-order valence-corrected chi connectivity index (χ4v) is 6.07. The molecule has 0 fully saturated rings. The maximum atomic E-state index is 3.72. The molecule has 130 valence electrons. The van der Waals surface area contributed by atoms with Gasteiger partial charge in [0, 0.05) is 41.8 Å². The van der Waals surface area contributed by atoms with Gasteiger partial charge in [-0.2, -0.15) is 0 Å². The molecule has 0 saturated heterocycles. The van der Waals surface area contributed by atoms with Gasteiger partial charge in [0.25, 0.3) is 0 Å². The van der Waals surface area contributed by atoms with Crippen LogP contribution in [-0.2, 0) is 0 Å². The van der Waals surface area contributed by atoms with E-state index < -0.39 is 0 Å². The lowest BCUT2D eigenvalue weighted by Gasteiger charge is -2.07. The minimum absolute atomic E-state index is 1.20. The molecule has 2 heteroatoms. The van der Waals surface area contributed by atoms with Gasteiger partial charge >= 0.3 is 0 Å². The highest BCUT2D eigenvalue weighted by Gasteiger charge is 2.17. The second kappa shape index (κ2) is 5.12. The third kappa shape index (κ3) is 1.71. The first-order chi connectivity index (χ1) is 13.9. The minimum Gasteiger partial charge on any atom is -0.354 e. The summed E-state index contributed by atoms with van der Waals surface area (Å²) in [4.78, 5) is 3.72. The molecule has 1 nitrogen and oxygen atoms in total. The van der Waals surface area contributed by atoms with Crippen LogP contribution < -0.4 is 0 Å². The molecule has 0 aliphatic heterocycles. The van der Waals surface area contributed by atoms with Gasteiger partial charge in [0.15, 0.2) is 0 Å². The van der Waals surface area contributed by atoms with Crippen molar-refractivity contribution < 1.29 is 0 Å². The highest BCUT2D eigenvalue weighted by molar-refractivity contribution is 7.27. The van der Waals surface area contributed by atoms with Crippen molar-refractivity contribution in [1.29, 1.82) is 0 Å². The normalized spacial score (nSPS) is 12.3. The van der Waals surface area contributed by atoms with Gasteiger partial charge in [-0.1, -0.05) is 72.8 Å². The molecule has 2 heterocycles. The molecule has 28 heavy (non-hydrogen) atoms. The Hall–Kier alpha value is -3.36. The summed E-state index contributed by atoms with van der Waals surface area (Å²) >= 11 is 1.91. The molecule has 5 aromatic carbocycles. The number of hydrogen-bond donors (Lipinski definition) is 1. The van der Waals surface area contributed by atoms with Crippen molar-refractivity contribution in [2.45, 2.75) is 0 Å². The lowest BCUT2D eigenvalue weighted by Crippen LogP contribution is -1.80. The van der Waals surface area contributed by atoms with E-state index in [1.165, 1.54) is 63.5 Å². The zero-order valence-electron chi connectivity index (χ0n) is 15.0. The third-order valence-electron chi connectivity index (χ3n) is 5.99. The zero-order chi connectivity index (χ0) is 18.2. The average Bonchev–Trinajstić information content (AvgIpc) is 3.32. The van der Waals surface area contributed by atoms with Gasteiger partial charge in [-0.15, -0.1) is 11.3 Å². The molecule has 7 aromatic rings. The Labute approximate surface area is 164 Å². The van der Waals surface area contributed by atoms with Crippen molar-refractivity contribution in [3.05, 3.63) is 84.9 Å². The van der Waals surface area contributed by atoms with E-state index in [2.05, 4.69) is 89.9 Å². The Balaban J connectivity index is 1.87. The molecule has 1 N–H and O–H groups in total. The first-order valence-corrected chi connectivity index (χ1v) is 10.4. The molecule has 0 bridgehead atoms. The molecule has 0 unspecified atom stereocenters. The van der Waals surface area contributed by atoms with E-state index in [0.29, 0.717) is 0 Å². The van der Waals surface area contributed by atoms with Crippen LogP contribution in [0.1, 0.15) is 0 Å². The molecule has 0 saturated carbocycles. The number of H-pyrrole nitrogens is 1. The first-order valence-electron chi connectivity index (χ1n) is 9.55. The molecule has 0 spiro atoms. The van der Waals surface area contributed by atoms with Crippen molar-refractivity contribution in [3.63, 3.8) is 0 Å². The fourth-order valence-electron chi connectivity index (χ4n) is 4.81. The van der Waals surface area contributed by atoms with Crippen molar-refractivity contribution in [2.75, 3.05) is 0 Å². The zero-order valence-corrected chi connectivity index (χ0v) is 15.8. The van der Waals surface area contributed by atoms with Gasteiger partial charge < -0.3 is 4.98 Å². The fraction of sp³-hybridized carbons (Fsp3) is 0. The summed E-state index contributed by atoms with van der Waals surface area (Å²) in [5.74, 6) is 0. The second-order valence-electron chi connectivity index (χ2n) is 7.43. The summed E-state index contributed by atoms with van der Waals surface area (Å²) in [5, 5.41) is 10.7. The molecule has 0 amide bonds. The number of hydrogen-bond acceptors (Lipinski definition) is 1. The minimum atomic E-state index is 1.20. The summed E-state index contributed by atoms with van der Waals surface area (Å²) in [6, 6.07) is 30.8. The van der Waals surface area contributed by atoms with E-state index in [4.69, 9.17) is 0 Å². The van der Waals surface area contributed by atoms with Crippen LogP contribution in [0.25, 0.3) is 63.5 Å². The number of aromatic amines is 1. The third-order valence-corrected chi connectivity index (χ3v) is 7.18. The van der Waals surface area contributed by atoms with Crippen LogP contribution in [0.2, 0.25) is 0 Å². The maximum Gasteiger partial charge on any atom is 0.0559 e. The quantitative estimate of drug-likeness (QED) is 0.259. The molecule has 7 rings (SSSR count).